The van der Waals surface area contributed by atoms with Crippen LogP contribution >= 0.6 is 0 Å². The number of aromatic nitrogens is 3. The van der Waals surface area contributed by atoms with Crippen LogP contribution in [0.15, 0.2) is 60.7 Å². The number of hydrogen-bond acceptors (Lipinski definition) is 6. The zero-order chi connectivity index (χ0) is 19.7. The Balaban J connectivity index is 1.77. The predicted molar refractivity (Wildman–Crippen MR) is 113 cm³/mol. The molecule has 2 aromatic carbocycles. The van der Waals surface area contributed by atoms with Crippen LogP contribution in [0.5, 0.6) is 5.75 Å². The topological polar surface area (TPSA) is 77.2 Å². The number of pyridine rings is 1. The zero-order valence-electron chi connectivity index (χ0n) is 16.0. The molecular formula is C22H21N5O. The lowest BCUT2D eigenvalue weighted by Crippen LogP contribution is -2.07. The van der Waals surface area contributed by atoms with Crippen molar-refractivity contribution < 1.29 is 4.74 Å². The van der Waals surface area contributed by atoms with E-state index in [0.29, 0.717) is 17.3 Å². The summed E-state index contributed by atoms with van der Waals surface area (Å²) in [5.74, 6) is 1.73. The van der Waals surface area contributed by atoms with E-state index in [-0.39, 0.29) is 0 Å². The highest BCUT2D eigenvalue weighted by Crippen LogP contribution is 2.27. The van der Waals surface area contributed by atoms with Gasteiger partial charge in [-0.1, -0.05) is 12.1 Å². The van der Waals surface area contributed by atoms with Crippen LogP contribution in [-0.4, -0.2) is 36.2 Å². The molecule has 0 aliphatic heterocycles. The molecule has 0 aliphatic rings. The van der Waals surface area contributed by atoms with Gasteiger partial charge in [-0.3, -0.25) is 0 Å². The number of benzene rings is 2. The zero-order valence-corrected chi connectivity index (χ0v) is 16.0. The molecule has 0 atom stereocenters. The first-order valence-electron chi connectivity index (χ1n) is 8.91. The number of nitrogen functional groups attached to an aromatic ring is 1. The second kappa shape index (κ2) is 7.15. The van der Waals surface area contributed by atoms with E-state index in [0.717, 1.165) is 33.6 Å². The summed E-state index contributed by atoms with van der Waals surface area (Å²) in [6, 6.07) is 19.7. The Labute approximate surface area is 163 Å². The number of rotatable bonds is 4. The van der Waals surface area contributed by atoms with E-state index in [1.807, 2.05) is 50.5 Å². The van der Waals surface area contributed by atoms with E-state index in [9.17, 15) is 0 Å². The molecule has 2 N–H and O–H groups in total. The van der Waals surface area contributed by atoms with Crippen LogP contribution in [0.25, 0.3) is 33.7 Å². The molecule has 0 saturated carbocycles. The molecule has 4 rings (SSSR count). The van der Waals surface area contributed by atoms with E-state index in [4.69, 9.17) is 15.5 Å². The molecule has 0 bridgehead atoms. The summed E-state index contributed by atoms with van der Waals surface area (Å²) in [6.45, 7) is 0. The first-order chi connectivity index (χ1) is 13.5. The molecule has 6 nitrogen and oxygen atoms in total. The number of nitrogens with two attached hydrogens (primary N) is 1. The van der Waals surface area contributed by atoms with Crippen molar-refractivity contribution in [1.29, 1.82) is 0 Å². The lowest BCUT2D eigenvalue weighted by molar-refractivity contribution is 0.415. The van der Waals surface area contributed by atoms with E-state index >= 15 is 0 Å². The Morgan fingerprint density at radius 2 is 1.46 bits per heavy atom. The normalized spacial score (nSPS) is 10.8. The van der Waals surface area contributed by atoms with Gasteiger partial charge in [0.1, 0.15) is 11.6 Å². The fraction of sp³-hybridized carbons (Fsp3) is 0.136. The van der Waals surface area contributed by atoms with E-state index < -0.39 is 0 Å². The highest BCUT2D eigenvalue weighted by Gasteiger charge is 2.10. The quantitative estimate of drug-likeness (QED) is 0.584. The first-order valence-corrected chi connectivity index (χ1v) is 8.91. The van der Waals surface area contributed by atoms with Crippen LogP contribution in [0.4, 0.5) is 11.5 Å². The minimum atomic E-state index is 0.415. The number of ether oxygens (including phenoxy) is 1. The van der Waals surface area contributed by atoms with Gasteiger partial charge in [-0.05, 0) is 48.5 Å². The van der Waals surface area contributed by atoms with Crippen LogP contribution in [0.2, 0.25) is 0 Å². The maximum absolute atomic E-state index is 6.17. The van der Waals surface area contributed by atoms with Crippen molar-refractivity contribution in [2.45, 2.75) is 0 Å². The number of methoxy groups -OCH3 is 1. The van der Waals surface area contributed by atoms with Crippen molar-refractivity contribution in [2.75, 3.05) is 31.8 Å². The first kappa shape index (κ1) is 17.7. The molecule has 0 radical (unpaired) electrons. The second-order valence-electron chi connectivity index (χ2n) is 6.67. The predicted octanol–water partition coefficient (Wildman–Crippen LogP) is 4.02. The fourth-order valence-electron chi connectivity index (χ4n) is 2.99. The van der Waals surface area contributed by atoms with Gasteiger partial charge in [-0.15, -0.1) is 0 Å². The lowest BCUT2D eigenvalue weighted by atomic mass is 10.1. The summed E-state index contributed by atoms with van der Waals surface area (Å²) in [4.78, 5) is 15.9. The van der Waals surface area contributed by atoms with Gasteiger partial charge >= 0.3 is 0 Å². The Kier molecular flexibility index (Phi) is 4.53. The molecule has 0 aliphatic carbocycles. The van der Waals surface area contributed by atoms with E-state index in [2.05, 4.69) is 39.1 Å². The van der Waals surface area contributed by atoms with Crippen molar-refractivity contribution in [3.63, 3.8) is 0 Å². The number of nitrogens with zero attached hydrogens (tertiary/aromatic N) is 4. The average Bonchev–Trinajstić information content (AvgIpc) is 2.73. The summed E-state index contributed by atoms with van der Waals surface area (Å²) in [5, 5.41) is 0.742. The monoisotopic (exact) mass is 371 g/mol. The highest BCUT2D eigenvalue weighted by molar-refractivity contribution is 5.88. The maximum atomic E-state index is 6.17. The summed E-state index contributed by atoms with van der Waals surface area (Å²) in [5.41, 5.74) is 10.6. The van der Waals surface area contributed by atoms with Crippen molar-refractivity contribution >= 4 is 22.5 Å². The Morgan fingerprint density at radius 1 is 0.786 bits per heavy atom. The van der Waals surface area contributed by atoms with Crippen LogP contribution in [0.3, 0.4) is 0 Å². The largest absolute Gasteiger partial charge is 0.497 e. The van der Waals surface area contributed by atoms with Gasteiger partial charge in [-0.25, -0.2) is 15.0 Å². The van der Waals surface area contributed by atoms with Crippen LogP contribution in [0.1, 0.15) is 0 Å². The molecule has 0 spiro atoms. The molecule has 140 valence electrons. The van der Waals surface area contributed by atoms with Gasteiger partial charge in [0, 0.05) is 30.9 Å². The van der Waals surface area contributed by atoms with Crippen molar-refractivity contribution in [2.24, 2.45) is 0 Å². The van der Waals surface area contributed by atoms with Gasteiger partial charge in [-0.2, -0.15) is 0 Å². The maximum Gasteiger partial charge on any atom is 0.165 e. The van der Waals surface area contributed by atoms with E-state index in [1.54, 1.807) is 7.11 Å². The third-order valence-corrected chi connectivity index (χ3v) is 4.62. The molecule has 2 heterocycles. The van der Waals surface area contributed by atoms with Crippen LogP contribution in [0, 0.1) is 0 Å². The summed E-state index contributed by atoms with van der Waals surface area (Å²) < 4.78 is 5.21. The van der Waals surface area contributed by atoms with Crippen LogP contribution in [-0.2, 0) is 0 Å². The molecular weight excluding hydrogens is 350 g/mol. The van der Waals surface area contributed by atoms with E-state index in [1.165, 1.54) is 0 Å². The third kappa shape index (κ3) is 3.32. The van der Waals surface area contributed by atoms with Crippen molar-refractivity contribution in [3.05, 3.63) is 60.7 Å². The Bertz CT molecular complexity index is 1120. The SMILES string of the molecule is COc1ccc(-c2nc(N)c3ccc(-c4ccc(N(C)C)cc4)nc3n2)cc1. The third-order valence-electron chi connectivity index (χ3n) is 4.62. The molecule has 0 amide bonds. The minimum Gasteiger partial charge on any atom is -0.497 e. The van der Waals surface area contributed by atoms with Gasteiger partial charge in [0.05, 0.1) is 18.2 Å². The highest BCUT2D eigenvalue weighted by atomic mass is 16.5. The Hall–Kier alpha value is -3.67. The number of anilines is 2. The molecule has 0 unspecified atom stereocenters. The molecule has 28 heavy (non-hydrogen) atoms. The standard InChI is InChI=1S/C22H21N5O/c1-27(2)16-8-4-14(5-9-16)19-13-12-18-20(23)25-21(26-22(18)24-19)15-6-10-17(28-3)11-7-15/h4-13H,1-3H3,(H2,23,24,25,26). The number of fused-ring (bicyclic) bond motifs is 1. The number of hydrogen-bond donors (Lipinski definition) is 1. The molecule has 2 aromatic heterocycles. The summed E-state index contributed by atoms with van der Waals surface area (Å²) in [7, 11) is 5.67. The minimum absolute atomic E-state index is 0.415. The lowest BCUT2D eigenvalue weighted by Gasteiger charge is -2.12. The summed E-state index contributed by atoms with van der Waals surface area (Å²) >= 11 is 0. The van der Waals surface area contributed by atoms with Gasteiger partial charge in [0.25, 0.3) is 0 Å². The molecule has 0 fully saturated rings. The Morgan fingerprint density at radius 3 is 2.11 bits per heavy atom. The van der Waals surface area contributed by atoms with Gasteiger partial charge in [0.15, 0.2) is 11.5 Å². The molecule has 6 heteroatoms. The van der Waals surface area contributed by atoms with Crippen LogP contribution < -0.4 is 15.4 Å². The van der Waals surface area contributed by atoms with Gasteiger partial charge < -0.3 is 15.4 Å². The van der Waals surface area contributed by atoms with Crippen molar-refractivity contribution in [1.82, 2.24) is 15.0 Å². The average molecular weight is 371 g/mol. The molecule has 4 aromatic rings. The fourth-order valence-corrected chi connectivity index (χ4v) is 2.99. The van der Waals surface area contributed by atoms with Crippen molar-refractivity contribution in [3.8, 4) is 28.4 Å². The molecule has 0 saturated heterocycles. The second-order valence-corrected chi connectivity index (χ2v) is 6.67. The summed E-state index contributed by atoms with van der Waals surface area (Å²) in [6.07, 6.45) is 0. The smallest absolute Gasteiger partial charge is 0.165 e. The van der Waals surface area contributed by atoms with Gasteiger partial charge in [0.2, 0.25) is 0 Å².